The molecule has 0 spiro atoms. The number of thiocarbonyl (C=S) groups is 1. The number of carbonyl (C=O) groups is 1. The SMILES string of the molecule is CCN(C=S)OC(=O)SC. The lowest BCUT2D eigenvalue weighted by atomic mass is 10.8. The van der Waals surface area contributed by atoms with Gasteiger partial charge in [0.25, 0.3) is 0 Å². The van der Waals surface area contributed by atoms with Crippen LogP contribution in [0.5, 0.6) is 0 Å². The highest BCUT2D eigenvalue weighted by Gasteiger charge is 2.02. The van der Waals surface area contributed by atoms with E-state index in [0.717, 1.165) is 11.8 Å². The summed E-state index contributed by atoms with van der Waals surface area (Å²) >= 11 is 5.57. The monoisotopic (exact) mass is 179 g/mol. The lowest BCUT2D eigenvalue weighted by Gasteiger charge is -2.13. The Bertz CT molecular complexity index is 129. The fourth-order valence-electron chi connectivity index (χ4n) is 0.294. The van der Waals surface area contributed by atoms with Crippen molar-refractivity contribution in [1.29, 1.82) is 0 Å². The topological polar surface area (TPSA) is 29.5 Å². The minimum Gasteiger partial charge on any atom is -0.330 e. The lowest BCUT2D eigenvalue weighted by molar-refractivity contribution is -0.00804. The summed E-state index contributed by atoms with van der Waals surface area (Å²) in [6.07, 6.45) is 1.65. The van der Waals surface area contributed by atoms with Crippen LogP contribution in [0.3, 0.4) is 0 Å². The van der Waals surface area contributed by atoms with Gasteiger partial charge in [0.1, 0.15) is 5.49 Å². The van der Waals surface area contributed by atoms with E-state index in [2.05, 4.69) is 12.2 Å². The molecule has 0 aliphatic heterocycles. The average Bonchev–Trinajstić information content (AvgIpc) is 1.99. The second-order valence-corrected chi connectivity index (χ2v) is 2.34. The van der Waals surface area contributed by atoms with Crippen molar-refractivity contribution in [2.75, 3.05) is 12.8 Å². The highest BCUT2D eigenvalue weighted by molar-refractivity contribution is 8.12. The number of thioether (sulfide) groups is 1. The molecule has 0 atom stereocenters. The maximum Gasteiger partial charge on any atom is 0.391 e. The summed E-state index contributed by atoms with van der Waals surface area (Å²) in [5, 5.41) is 0.955. The maximum absolute atomic E-state index is 10.6. The number of carbonyl (C=O) groups excluding carboxylic acids is 1. The van der Waals surface area contributed by atoms with Crippen molar-refractivity contribution in [2.45, 2.75) is 6.92 Å². The predicted molar refractivity (Wildman–Crippen MR) is 46.0 cm³/mol. The van der Waals surface area contributed by atoms with Gasteiger partial charge in [0.05, 0.1) is 6.54 Å². The molecule has 0 amide bonds. The molecule has 58 valence electrons. The van der Waals surface area contributed by atoms with E-state index in [9.17, 15) is 4.79 Å². The minimum atomic E-state index is -0.344. The first kappa shape index (κ1) is 9.71. The molecule has 0 heterocycles. The van der Waals surface area contributed by atoms with Crippen LogP contribution < -0.4 is 0 Å². The normalized spacial score (nSPS) is 8.60. The molecule has 0 rings (SSSR count). The summed E-state index contributed by atoms with van der Waals surface area (Å²) < 4.78 is 0. The molecule has 0 saturated heterocycles. The molecule has 0 aliphatic rings. The van der Waals surface area contributed by atoms with E-state index in [0.29, 0.717) is 6.54 Å². The molecule has 10 heavy (non-hydrogen) atoms. The largest absolute Gasteiger partial charge is 0.391 e. The van der Waals surface area contributed by atoms with Crippen LogP contribution in [0, 0.1) is 0 Å². The van der Waals surface area contributed by atoms with E-state index in [-0.39, 0.29) is 5.30 Å². The Hall–Kier alpha value is -0.290. The molecule has 0 unspecified atom stereocenters. The van der Waals surface area contributed by atoms with Crippen molar-refractivity contribution in [3.63, 3.8) is 0 Å². The Morgan fingerprint density at radius 1 is 1.90 bits per heavy atom. The standard InChI is InChI=1S/C5H9NO2S2/c1-3-6(4-9)8-5(7)10-2/h4H,3H2,1-2H3. The van der Waals surface area contributed by atoms with Crippen LogP contribution in [0.25, 0.3) is 0 Å². The van der Waals surface area contributed by atoms with Gasteiger partial charge in [-0.25, -0.2) is 9.86 Å². The van der Waals surface area contributed by atoms with Gasteiger partial charge in [-0.05, 0) is 24.9 Å². The number of hydrogen-bond donors (Lipinski definition) is 0. The van der Waals surface area contributed by atoms with Crippen molar-refractivity contribution in [3.05, 3.63) is 0 Å². The first-order chi connectivity index (χ1) is 4.74. The van der Waals surface area contributed by atoms with Gasteiger partial charge in [-0.15, -0.1) is 0 Å². The summed E-state index contributed by atoms with van der Waals surface area (Å²) in [6.45, 7) is 2.42. The molecular weight excluding hydrogens is 170 g/mol. The number of hydrogen-bond acceptors (Lipinski definition) is 4. The molecule has 0 saturated carbocycles. The van der Waals surface area contributed by atoms with Gasteiger partial charge in [0.15, 0.2) is 0 Å². The second kappa shape index (κ2) is 5.49. The molecule has 5 heteroatoms. The number of hydroxylamine groups is 2. The van der Waals surface area contributed by atoms with Crippen LogP contribution in [-0.2, 0) is 4.84 Å². The van der Waals surface area contributed by atoms with Crippen molar-refractivity contribution >= 4 is 34.8 Å². The minimum absolute atomic E-state index is 0.344. The molecule has 0 aromatic rings. The average molecular weight is 179 g/mol. The van der Waals surface area contributed by atoms with Crippen LogP contribution in [0.2, 0.25) is 0 Å². The van der Waals surface area contributed by atoms with Crippen molar-refractivity contribution in [2.24, 2.45) is 0 Å². The van der Waals surface area contributed by atoms with Gasteiger partial charge in [-0.1, -0.05) is 12.2 Å². The van der Waals surface area contributed by atoms with E-state index in [1.54, 1.807) is 6.26 Å². The first-order valence-corrected chi connectivity index (χ1v) is 4.42. The zero-order chi connectivity index (χ0) is 7.98. The Labute approximate surface area is 69.7 Å². The van der Waals surface area contributed by atoms with Gasteiger partial charge in [0, 0.05) is 0 Å². The van der Waals surface area contributed by atoms with E-state index in [4.69, 9.17) is 4.84 Å². The molecule has 0 aromatic heterocycles. The fourth-order valence-corrected chi connectivity index (χ4v) is 0.656. The van der Waals surface area contributed by atoms with Crippen LogP contribution in [0.4, 0.5) is 4.79 Å². The van der Waals surface area contributed by atoms with E-state index < -0.39 is 0 Å². The molecule has 0 aromatic carbocycles. The summed E-state index contributed by atoms with van der Waals surface area (Å²) in [5.74, 6) is 0. The molecule has 0 N–H and O–H groups in total. The summed E-state index contributed by atoms with van der Waals surface area (Å²) in [5.41, 5.74) is 1.30. The van der Waals surface area contributed by atoms with Crippen LogP contribution in [0.15, 0.2) is 0 Å². The smallest absolute Gasteiger partial charge is 0.330 e. The van der Waals surface area contributed by atoms with E-state index in [1.807, 2.05) is 6.92 Å². The van der Waals surface area contributed by atoms with E-state index in [1.165, 1.54) is 10.6 Å². The molecule has 0 radical (unpaired) electrons. The third kappa shape index (κ3) is 3.68. The van der Waals surface area contributed by atoms with Crippen LogP contribution in [0.1, 0.15) is 6.92 Å². The molecule has 3 nitrogen and oxygen atoms in total. The van der Waals surface area contributed by atoms with E-state index >= 15 is 0 Å². The van der Waals surface area contributed by atoms with Gasteiger partial charge in [-0.3, -0.25) is 0 Å². The Kier molecular flexibility index (Phi) is 5.33. The van der Waals surface area contributed by atoms with Gasteiger partial charge < -0.3 is 4.84 Å². The van der Waals surface area contributed by atoms with Crippen LogP contribution >= 0.6 is 24.0 Å². The fraction of sp³-hybridized carbons (Fsp3) is 0.600. The summed E-state index contributed by atoms with van der Waals surface area (Å²) in [7, 11) is 0. The zero-order valence-corrected chi connectivity index (χ0v) is 7.50. The van der Waals surface area contributed by atoms with Crippen molar-refractivity contribution < 1.29 is 9.63 Å². The van der Waals surface area contributed by atoms with Gasteiger partial charge in [-0.2, -0.15) is 0 Å². The first-order valence-electron chi connectivity index (χ1n) is 2.72. The lowest BCUT2D eigenvalue weighted by Crippen LogP contribution is -2.22. The zero-order valence-electron chi connectivity index (χ0n) is 5.86. The Morgan fingerprint density at radius 2 is 2.50 bits per heavy atom. The predicted octanol–water partition coefficient (Wildman–Crippen LogP) is 1.68. The van der Waals surface area contributed by atoms with Crippen molar-refractivity contribution in [3.8, 4) is 0 Å². The molecular formula is C5H9NO2S2. The van der Waals surface area contributed by atoms with Crippen molar-refractivity contribution in [1.82, 2.24) is 5.06 Å². The number of rotatable bonds is 3. The second-order valence-electron chi connectivity index (χ2n) is 1.38. The number of nitrogens with zero attached hydrogens (tertiary/aromatic N) is 1. The quantitative estimate of drug-likeness (QED) is 0.486. The third-order valence-corrected chi connectivity index (χ3v) is 1.43. The highest BCUT2D eigenvalue weighted by Crippen LogP contribution is 2.00. The van der Waals surface area contributed by atoms with Gasteiger partial charge >= 0.3 is 5.30 Å². The molecule has 0 aliphatic carbocycles. The maximum atomic E-state index is 10.6. The highest BCUT2D eigenvalue weighted by atomic mass is 32.2. The van der Waals surface area contributed by atoms with Gasteiger partial charge in [0.2, 0.25) is 0 Å². The van der Waals surface area contributed by atoms with Crippen LogP contribution in [-0.4, -0.2) is 28.7 Å². The Balaban J connectivity index is 3.62. The summed E-state index contributed by atoms with van der Waals surface area (Å²) in [6, 6.07) is 0. The summed E-state index contributed by atoms with van der Waals surface area (Å²) in [4.78, 5) is 15.3. The Morgan fingerprint density at radius 3 is 2.80 bits per heavy atom. The molecule has 0 bridgehead atoms. The molecule has 0 fully saturated rings. The third-order valence-electron chi connectivity index (χ3n) is 0.788.